The number of anilines is 1. The highest BCUT2D eigenvalue weighted by atomic mass is 16.5. The Hall–Kier alpha value is -1.92. The molecule has 1 aromatic carbocycles. The standard InChI is InChI=1S/C17H23N3O3/c18-14-11-23-10-8-15(14)19-17(22)12-4-6-13(7-5-12)20-9-2-1-3-16(20)21/h4-7,14-15H,1-3,8-11,18H2,(H,19,22). The van der Waals surface area contributed by atoms with Crippen molar-refractivity contribution in [1.82, 2.24) is 5.32 Å². The van der Waals surface area contributed by atoms with Crippen LogP contribution in [0.5, 0.6) is 0 Å². The SMILES string of the molecule is NC1COCCC1NC(=O)c1ccc(N2CCCCC2=O)cc1. The van der Waals surface area contributed by atoms with Crippen LogP contribution < -0.4 is 16.0 Å². The third-order valence-electron chi connectivity index (χ3n) is 4.48. The van der Waals surface area contributed by atoms with Crippen LogP contribution >= 0.6 is 0 Å². The van der Waals surface area contributed by atoms with Crippen LogP contribution in [0.25, 0.3) is 0 Å². The maximum atomic E-state index is 12.3. The van der Waals surface area contributed by atoms with Crippen LogP contribution in [0.4, 0.5) is 5.69 Å². The van der Waals surface area contributed by atoms with Gasteiger partial charge in [-0.05, 0) is 43.5 Å². The molecule has 0 radical (unpaired) electrons. The normalized spacial score (nSPS) is 25.3. The second kappa shape index (κ2) is 7.10. The van der Waals surface area contributed by atoms with Gasteiger partial charge in [-0.1, -0.05) is 0 Å². The summed E-state index contributed by atoms with van der Waals surface area (Å²) in [6, 6.07) is 6.97. The number of piperidine rings is 1. The molecule has 2 aliphatic heterocycles. The van der Waals surface area contributed by atoms with E-state index in [0.29, 0.717) is 25.2 Å². The van der Waals surface area contributed by atoms with Crippen LogP contribution in [0, 0.1) is 0 Å². The molecule has 2 saturated heterocycles. The number of rotatable bonds is 3. The minimum atomic E-state index is -0.169. The Labute approximate surface area is 136 Å². The molecular weight excluding hydrogens is 294 g/mol. The number of carbonyl (C=O) groups is 2. The summed E-state index contributed by atoms with van der Waals surface area (Å²) in [5, 5.41) is 2.97. The molecule has 2 unspecified atom stereocenters. The first kappa shape index (κ1) is 16.0. The van der Waals surface area contributed by atoms with E-state index in [4.69, 9.17) is 10.5 Å². The number of hydrogen-bond acceptors (Lipinski definition) is 4. The summed E-state index contributed by atoms with van der Waals surface area (Å²) in [5.74, 6) is 0.0190. The molecule has 124 valence electrons. The number of ether oxygens (including phenoxy) is 1. The van der Waals surface area contributed by atoms with Crippen molar-refractivity contribution >= 4 is 17.5 Å². The molecule has 2 fully saturated rings. The summed E-state index contributed by atoms with van der Waals surface area (Å²) in [5.41, 5.74) is 7.39. The highest BCUT2D eigenvalue weighted by molar-refractivity contribution is 5.97. The minimum absolute atomic E-state index is 0.0559. The van der Waals surface area contributed by atoms with Crippen molar-refractivity contribution in [2.75, 3.05) is 24.7 Å². The van der Waals surface area contributed by atoms with Crippen molar-refractivity contribution < 1.29 is 14.3 Å². The second-order valence-corrected chi connectivity index (χ2v) is 6.16. The van der Waals surface area contributed by atoms with Gasteiger partial charge in [-0.3, -0.25) is 9.59 Å². The quantitative estimate of drug-likeness (QED) is 0.873. The van der Waals surface area contributed by atoms with Gasteiger partial charge in [-0.2, -0.15) is 0 Å². The Balaban J connectivity index is 1.64. The second-order valence-electron chi connectivity index (χ2n) is 6.16. The third-order valence-corrected chi connectivity index (χ3v) is 4.48. The number of carbonyl (C=O) groups excluding carboxylic acids is 2. The van der Waals surface area contributed by atoms with Gasteiger partial charge in [-0.25, -0.2) is 0 Å². The minimum Gasteiger partial charge on any atom is -0.380 e. The van der Waals surface area contributed by atoms with Crippen molar-refractivity contribution in [3.8, 4) is 0 Å². The lowest BCUT2D eigenvalue weighted by Crippen LogP contribution is -2.53. The van der Waals surface area contributed by atoms with E-state index in [1.165, 1.54) is 0 Å². The zero-order valence-corrected chi connectivity index (χ0v) is 13.2. The van der Waals surface area contributed by atoms with E-state index in [1.807, 2.05) is 12.1 Å². The molecule has 2 aliphatic rings. The first-order valence-corrected chi connectivity index (χ1v) is 8.20. The van der Waals surface area contributed by atoms with E-state index in [9.17, 15) is 9.59 Å². The van der Waals surface area contributed by atoms with Crippen molar-refractivity contribution in [2.24, 2.45) is 5.73 Å². The van der Waals surface area contributed by atoms with Gasteiger partial charge in [0.05, 0.1) is 6.61 Å². The summed E-state index contributed by atoms with van der Waals surface area (Å²) in [4.78, 5) is 26.0. The Kier molecular flexibility index (Phi) is 4.93. The monoisotopic (exact) mass is 317 g/mol. The van der Waals surface area contributed by atoms with Gasteiger partial charge in [0, 0.05) is 42.9 Å². The lowest BCUT2D eigenvalue weighted by molar-refractivity contribution is -0.119. The summed E-state index contributed by atoms with van der Waals surface area (Å²) >= 11 is 0. The Morgan fingerprint density at radius 1 is 1.26 bits per heavy atom. The Morgan fingerprint density at radius 3 is 2.74 bits per heavy atom. The molecule has 0 spiro atoms. The predicted octanol–water partition coefficient (Wildman–Crippen LogP) is 1.05. The molecule has 2 atom stereocenters. The molecule has 3 N–H and O–H groups in total. The van der Waals surface area contributed by atoms with Gasteiger partial charge >= 0.3 is 0 Å². The van der Waals surface area contributed by atoms with Gasteiger partial charge in [0.2, 0.25) is 5.91 Å². The van der Waals surface area contributed by atoms with Gasteiger partial charge in [0.1, 0.15) is 0 Å². The van der Waals surface area contributed by atoms with Crippen LogP contribution in [0.15, 0.2) is 24.3 Å². The predicted molar refractivity (Wildman–Crippen MR) is 87.3 cm³/mol. The molecule has 2 amide bonds. The Morgan fingerprint density at radius 2 is 2.04 bits per heavy atom. The van der Waals surface area contributed by atoms with E-state index in [0.717, 1.165) is 31.5 Å². The van der Waals surface area contributed by atoms with Crippen molar-refractivity contribution in [3.05, 3.63) is 29.8 Å². The zero-order chi connectivity index (χ0) is 16.2. The fraction of sp³-hybridized carbons (Fsp3) is 0.529. The van der Waals surface area contributed by atoms with Crippen molar-refractivity contribution in [1.29, 1.82) is 0 Å². The van der Waals surface area contributed by atoms with E-state index < -0.39 is 0 Å². The molecule has 6 heteroatoms. The lowest BCUT2D eigenvalue weighted by atomic mass is 10.0. The van der Waals surface area contributed by atoms with Crippen LogP contribution in [-0.4, -0.2) is 43.7 Å². The molecule has 3 rings (SSSR count). The van der Waals surface area contributed by atoms with Crippen LogP contribution in [-0.2, 0) is 9.53 Å². The topological polar surface area (TPSA) is 84.7 Å². The number of nitrogens with two attached hydrogens (primary N) is 1. The summed E-state index contributed by atoms with van der Waals surface area (Å²) in [6.07, 6.45) is 3.31. The maximum absolute atomic E-state index is 12.3. The average molecular weight is 317 g/mol. The molecule has 1 aromatic rings. The highest BCUT2D eigenvalue weighted by Crippen LogP contribution is 2.21. The van der Waals surface area contributed by atoms with Crippen LogP contribution in [0.1, 0.15) is 36.0 Å². The molecule has 23 heavy (non-hydrogen) atoms. The highest BCUT2D eigenvalue weighted by Gasteiger charge is 2.24. The molecule has 2 heterocycles. The summed E-state index contributed by atoms with van der Waals surface area (Å²) < 4.78 is 5.28. The molecule has 0 saturated carbocycles. The fourth-order valence-corrected chi connectivity index (χ4v) is 3.06. The van der Waals surface area contributed by atoms with E-state index in [1.54, 1.807) is 17.0 Å². The number of hydrogen-bond donors (Lipinski definition) is 2. The van der Waals surface area contributed by atoms with Gasteiger partial charge in [0.25, 0.3) is 5.91 Å². The maximum Gasteiger partial charge on any atom is 0.251 e. The van der Waals surface area contributed by atoms with Gasteiger partial charge in [0.15, 0.2) is 0 Å². The fourth-order valence-electron chi connectivity index (χ4n) is 3.06. The van der Waals surface area contributed by atoms with Gasteiger partial charge in [-0.15, -0.1) is 0 Å². The molecule has 6 nitrogen and oxygen atoms in total. The third kappa shape index (κ3) is 3.71. The average Bonchev–Trinajstić information content (AvgIpc) is 2.57. The Bertz CT molecular complexity index is 573. The van der Waals surface area contributed by atoms with E-state index >= 15 is 0 Å². The lowest BCUT2D eigenvalue weighted by Gasteiger charge is -2.29. The molecule has 0 bridgehead atoms. The molecule has 0 aromatic heterocycles. The summed E-state index contributed by atoms with van der Waals surface area (Å²) in [6.45, 7) is 1.84. The van der Waals surface area contributed by atoms with Crippen LogP contribution in [0.2, 0.25) is 0 Å². The first-order chi connectivity index (χ1) is 11.1. The molecule has 0 aliphatic carbocycles. The number of nitrogens with one attached hydrogen (secondary N) is 1. The van der Waals surface area contributed by atoms with Crippen LogP contribution in [0.3, 0.4) is 0 Å². The number of benzene rings is 1. The zero-order valence-electron chi connectivity index (χ0n) is 13.2. The number of nitrogens with zero attached hydrogens (tertiary/aromatic N) is 1. The summed E-state index contributed by atoms with van der Waals surface area (Å²) in [7, 11) is 0. The van der Waals surface area contributed by atoms with E-state index in [-0.39, 0.29) is 23.9 Å². The van der Waals surface area contributed by atoms with E-state index in [2.05, 4.69) is 5.32 Å². The first-order valence-electron chi connectivity index (χ1n) is 8.20. The largest absolute Gasteiger partial charge is 0.380 e. The van der Waals surface area contributed by atoms with Gasteiger partial charge < -0.3 is 20.7 Å². The molecular formula is C17H23N3O3. The van der Waals surface area contributed by atoms with Crippen molar-refractivity contribution in [2.45, 2.75) is 37.8 Å². The van der Waals surface area contributed by atoms with Crippen molar-refractivity contribution in [3.63, 3.8) is 0 Å². The number of amides is 2. The smallest absolute Gasteiger partial charge is 0.251 e.